The molecule has 2 bridgehead atoms. The first-order valence-electron chi connectivity index (χ1n) is 6.65. The van der Waals surface area contributed by atoms with E-state index in [1.54, 1.807) is 6.92 Å². The number of carboxylic acid groups (broad SMARTS) is 1. The number of rotatable bonds is 4. The van der Waals surface area contributed by atoms with Crippen LogP contribution < -0.4 is 0 Å². The van der Waals surface area contributed by atoms with Crippen LogP contribution in [0.5, 0.6) is 0 Å². The number of hydrogen-bond acceptors (Lipinski definition) is 5. The number of ether oxygens (including phenoxy) is 2. The molecule has 1 N–H and O–H groups in total. The summed E-state index contributed by atoms with van der Waals surface area (Å²) in [6.07, 6.45) is 0.505. The van der Waals surface area contributed by atoms with Gasteiger partial charge in [-0.2, -0.15) is 0 Å². The van der Waals surface area contributed by atoms with E-state index in [4.69, 9.17) is 9.47 Å². The summed E-state index contributed by atoms with van der Waals surface area (Å²) in [5.41, 5.74) is -1.04. The van der Waals surface area contributed by atoms with Gasteiger partial charge in [-0.25, -0.2) is 4.79 Å². The molecule has 0 aromatic heterocycles. The summed E-state index contributed by atoms with van der Waals surface area (Å²) in [7, 11) is 0. The quantitative estimate of drug-likeness (QED) is 0.464. The number of esters is 2. The van der Waals surface area contributed by atoms with E-state index < -0.39 is 29.4 Å². The molecule has 3 fully saturated rings. The van der Waals surface area contributed by atoms with Crippen LogP contribution in [0.25, 0.3) is 0 Å². The Morgan fingerprint density at radius 2 is 2.25 bits per heavy atom. The third-order valence-corrected chi connectivity index (χ3v) is 4.94. The molecule has 3 rings (SSSR count). The molecule has 5 atom stereocenters. The van der Waals surface area contributed by atoms with Gasteiger partial charge in [-0.15, -0.1) is 0 Å². The van der Waals surface area contributed by atoms with Crippen LogP contribution in [0.4, 0.5) is 0 Å². The third kappa shape index (κ3) is 1.47. The molecule has 1 saturated heterocycles. The summed E-state index contributed by atoms with van der Waals surface area (Å²) >= 11 is 0. The Hall–Kier alpha value is -1.85. The van der Waals surface area contributed by atoms with Crippen molar-refractivity contribution in [2.24, 2.45) is 23.2 Å². The lowest BCUT2D eigenvalue weighted by Gasteiger charge is -2.28. The summed E-state index contributed by atoms with van der Waals surface area (Å²) in [6, 6.07) is 0. The largest absolute Gasteiger partial charge is 0.480 e. The van der Waals surface area contributed by atoms with Crippen molar-refractivity contribution in [1.29, 1.82) is 0 Å². The van der Waals surface area contributed by atoms with Gasteiger partial charge in [-0.1, -0.05) is 6.58 Å². The number of fused-ring (bicyclic) bond motifs is 1. The van der Waals surface area contributed by atoms with E-state index in [-0.39, 0.29) is 30.8 Å². The number of carbonyl (C=O) groups is 3. The minimum Gasteiger partial charge on any atom is -0.480 e. The van der Waals surface area contributed by atoms with Gasteiger partial charge in [0, 0.05) is 17.4 Å². The summed E-state index contributed by atoms with van der Waals surface area (Å²) < 4.78 is 10.4. The van der Waals surface area contributed by atoms with Crippen molar-refractivity contribution in [3.8, 4) is 0 Å². The van der Waals surface area contributed by atoms with Crippen LogP contribution in [0.1, 0.15) is 19.8 Å². The maximum atomic E-state index is 11.9. The Kier molecular flexibility index (Phi) is 2.68. The highest BCUT2D eigenvalue weighted by Gasteiger charge is 2.74. The molecule has 0 aromatic carbocycles. The third-order valence-electron chi connectivity index (χ3n) is 4.94. The lowest BCUT2D eigenvalue weighted by Crippen LogP contribution is -2.42. The normalized spacial score (nSPS) is 40.5. The predicted octanol–water partition coefficient (Wildman–Crippen LogP) is 0.758. The van der Waals surface area contributed by atoms with Crippen molar-refractivity contribution in [2.75, 3.05) is 6.61 Å². The second-order valence-electron chi connectivity index (χ2n) is 6.00. The van der Waals surface area contributed by atoms with Crippen LogP contribution in [0.3, 0.4) is 0 Å². The molecule has 20 heavy (non-hydrogen) atoms. The van der Waals surface area contributed by atoms with Gasteiger partial charge in [0.1, 0.15) is 6.10 Å². The second-order valence-corrected chi connectivity index (χ2v) is 6.00. The van der Waals surface area contributed by atoms with Crippen LogP contribution >= 0.6 is 0 Å². The SMILES string of the molecule is C=C(C)C(=O)OCC1C2CC3C1OC(=O)C3(C(=O)O)C2. The highest BCUT2D eigenvalue weighted by molar-refractivity contribution is 6.02. The smallest absolute Gasteiger partial charge is 0.333 e. The average Bonchev–Trinajstić information content (AvgIpc) is 2.95. The van der Waals surface area contributed by atoms with Crippen molar-refractivity contribution >= 4 is 17.9 Å². The molecule has 108 valence electrons. The molecular formula is C14H16O6. The molecule has 6 heteroatoms. The highest BCUT2D eigenvalue weighted by Crippen LogP contribution is 2.64. The van der Waals surface area contributed by atoms with E-state index in [2.05, 4.69) is 6.58 Å². The number of aliphatic carboxylic acids is 1. The van der Waals surface area contributed by atoms with E-state index in [0.29, 0.717) is 12.0 Å². The standard InChI is InChI=1S/C14H16O6/c1-6(2)11(15)19-5-8-7-3-9-10(8)20-13(18)14(9,4-7)12(16)17/h7-10H,1,3-5H2,2H3,(H,16,17). The fourth-order valence-electron chi connectivity index (χ4n) is 3.98. The van der Waals surface area contributed by atoms with Gasteiger partial charge >= 0.3 is 17.9 Å². The van der Waals surface area contributed by atoms with Crippen LogP contribution in [0, 0.1) is 23.2 Å². The van der Waals surface area contributed by atoms with E-state index in [1.165, 1.54) is 0 Å². The summed E-state index contributed by atoms with van der Waals surface area (Å²) in [6.45, 7) is 5.22. The Morgan fingerprint density at radius 3 is 2.85 bits per heavy atom. The van der Waals surface area contributed by atoms with E-state index in [1.807, 2.05) is 0 Å². The Bertz CT molecular complexity index is 524. The predicted molar refractivity (Wildman–Crippen MR) is 65.4 cm³/mol. The van der Waals surface area contributed by atoms with Gasteiger partial charge in [0.15, 0.2) is 5.41 Å². The van der Waals surface area contributed by atoms with Crippen molar-refractivity contribution in [2.45, 2.75) is 25.9 Å². The lowest BCUT2D eigenvalue weighted by atomic mass is 9.71. The Morgan fingerprint density at radius 1 is 1.55 bits per heavy atom. The van der Waals surface area contributed by atoms with E-state index >= 15 is 0 Å². The first-order chi connectivity index (χ1) is 9.37. The van der Waals surface area contributed by atoms with Crippen molar-refractivity contribution in [1.82, 2.24) is 0 Å². The second kappa shape index (κ2) is 4.07. The molecular weight excluding hydrogens is 264 g/mol. The molecule has 2 aliphatic carbocycles. The average molecular weight is 280 g/mol. The minimum atomic E-state index is -1.36. The molecule has 0 aromatic rings. The molecule has 1 aliphatic heterocycles. The highest BCUT2D eigenvalue weighted by atomic mass is 16.6. The maximum absolute atomic E-state index is 11.9. The van der Waals surface area contributed by atoms with Gasteiger partial charge < -0.3 is 14.6 Å². The Labute approximate surface area is 115 Å². The lowest BCUT2D eigenvalue weighted by molar-refractivity contribution is -0.161. The first-order valence-corrected chi connectivity index (χ1v) is 6.65. The summed E-state index contributed by atoms with van der Waals surface area (Å²) in [5.74, 6) is -2.51. The molecule has 0 amide bonds. The summed E-state index contributed by atoms with van der Waals surface area (Å²) in [5, 5.41) is 9.36. The number of hydrogen-bond donors (Lipinski definition) is 1. The molecule has 1 heterocycles. The molecule has 3 aliphatic rings. The summed E-state index contributed by atoms with van der Waals surface area (Å²) in [4.78, 5) is 34.8. The zero-order valence-electron chi connectivity index (χ0n) is 11.1. The van der Waals surface area contributed by atoms with Crippen molar-refractivity contribution in [3.05, 3.63) is 12.2 Å². The molecule has 5 unspecified atom stereocenters. The minimum absolute atomic E-state index is 0.0606. The van der Waals surface area contributed by atoms with Gasteiger partial charge in [0.25, 0.3) is 0 Å². The monoisotopic (exact) mass is 280 g/mol. The zero-order valence-corrected chi connectivity index (χ0v) is 11.1. The van der Waals surface area contributed by atoms with Crippen molar-refractivity contribution in [3.63, 3.8) is 0 Å². The first kappa shape index (κ1) is 13.1. The van der Waals surface area contributed by atoms with E-state index in [0.717, 1.165) is 0 Å². The van der Waals surface area contributed by atoms with Gasteiger partial charge in [0.2, 0.25) is 0 Å². The van der Waals surface area contributed by atoms with Crippen LogP contribution in [-0.2, 0) is 23.9 Å². The molecule has 6 nitrogen and oxygen atoms in total. The zero-order chi connectivity index (χ0) is 14.7. The molecule has 0 radical (unpaired) electrons. The van der Waals surface area contributed by atoms with Crippen molar-refractivity contribution < 1.29 is 29.0 Å². The number of carboxylic acids is 1. The maximum Gasteiger partial charge on any atom is 0.333 e. The Balaban J connectivity index is 1.75. The number of carbonyl (C=O) groups excluding carboxylic acids is 2. The van der Waals surface area contributed by atoms with Gasteiger partial charge in [-0.3, -0.25) is 9.59 Å². The molecule has 2 saturated carbocycles. The van der Waals surface area contributed by atoms with Crippen LogP contribution in [0.15, 0.2) is 12.2 Å². The van der Waals surface area contributed by atoms with Crippen LogP contribution in [-0.4, -0.2) is 35.7 Å². The fraction of sp³-hybridized carbons (Fsp3) is 0.643. The fourth-order valence-corrected chi connectivity index (χ4v) is 3.98. The van der Waals surface area contributed by atoms with Crippen LogP contribution in [0.2, 0.25) is 0 Å². The topological polar surface area (TPSA) is 89.9 Å². The molecule has 0 spiro atoms. The van der Waals surface area contributed by atoms with Gasteiger partial charge in [0.05, 0.1) is 6.61 Å². The van der Waals surface area contributed by atoms with Gasteiger partial charge in [-0.05, 0) is 25.7 Å². The van der Waals surface area contributed by atoms with E-state index in [9.17, 15) is 19.5 Å².